The van der Waals surface area contributed by atoms with Crippen molar-refractivity contribution in [1.29, 1.82) is 0 Å². The highest BCUT2D eigenvalue weighted by molar-refractivity contribution is 5.82. The van der Waals surface area contributed by atoms with Crippen molar-refractivity contribution in [2.24, 2.45) is 17.6 Å². The molecule has 1 aromatic rings. The Kier molecular flexibility index (Phi) is 4.59. The van der Waals surface area contributed by atoms with Crippen LogP contribution in [0.25, 0.3) is 0 Å². The molecule has 0 heterocycles. The summed E-state index contributed by atoms with van der Waals surface area (Å²) in [7, 11) is 0. The first kappa shape index (κ1) is 14.1. The van der Waals surface area contributed by atoms with Gasteiger partial charge in [-0.25, -0.2) is 0 Å². The summed E-state index contributed by atoms with van der Waals surface area (Å²) in [5, 5.41) is 3.12. The van der Waals surface area contributed by atoms with E-state index < -0.39 is 6.04 Å². The van der Waals surface area contributed by atoms with E-state index >= 15 is 0 Å². The van der Waals surface area contributed by atoms with Crippen molar-refractivity contribution in [3.63, 3.8) is 0 Å². The van der Waals surface area contributed by atoms with Gasteiger partial charge in [0.15, 0.2) is 0 Å². The Balaban J connectivity index is 1.86. The van der Waals surface area contributed by atoms with Crippen LogP contribution in [0.15, 0.2) is 30.3 Å². The van der Waals surface area contributed by atoms with Gasteiger partial charge in [0.2, 0.25) is 5.91 Å². The zero-order chi connectivity index (χ0) is 13.8. The van der Waals surface area contributed by atoms with Crippen LogP contribution in [0.4, 0.5) is 0 Å². The van der Waals surface area contributed by atoms with Crippen LogP contribution in [0.2, 0.25) is 0 Å². The van der Waals surface area contributed by atoms with Gasteiger partial charge in [0, 0.05) is 6.04 Å². The van der Waals surface area contributed by atoms with E-state index in [2.05, 4.69) is 19.2 Å². The van der Waals surface area contributed by atoms with Crippen molar-refractivity contribution >= 4 is 5.91 Å². The molecule has 19 heavy (non-hydrogen) atoms. The molecule has 2 rings (SSSR count). The standard InChI is InChI=1S/C16H24N2O/c1-11-8-9-15(12(11)2)18-16(19)14(17)10-13-6-4-3-5-7-13/h3-7,11-12,14-15H,8-10,17H2,1-2H3,(H,18,19). The minimum Gasteiger partial charge on any atom is -0.352 e. The molecule has 3 nitrogen and oxygen atoms in total. The molecule has 1 amide bonds. The minimum atomic E-state index is -0.453. The highest BCUT2D eigenvalue weighted by Gasteiger charge is 2.31. The van der Waals surface area contributed by atoms with Crippen molar-refractivity contribution in [2.75, 3.05) is 0 Å². The molecule has 0 saturated heterocycles. The molecule has 0 radical (unpaired) electrons. The summed E-state index contributed by atoms with van der Waals surface area (Å²) in [5.74, 6) is 1.22. The number of benzene rings is 1. The van der Waals surface area contributed by atoms with Crippen molar-refractivity contribution in [3.8, 4) is 0 Å². The molecule has 1 aromatic carbocycles. The molecular weight excluding hydrogens is 236 g/mol. The fraction of sp³-hybridized carbons (Fsp3) is 0.562. The number of nitrogens with two attached hydrogens (primary N) is 1. The molecule has 1 aliphatic rings. The van der Waals surface area contributed by atoms with E-state index in [4.69, 9.17) is 5.73 Å². The molecule has 4 atom stereocenters. The molecule has 0 spiro atoms. The maximum atomic E-state index is 12.1. The van der Waals surface area contributed by atoms with E-state index in [9.17, 15) is 4.79 Å². The van der Waals surface area contributed by atoms with E-state index in [1.807, 2.05) is 30.3 Å². The topological polar surface area (TPSA) is 55.1 Å². The molecule has 0 bridgehead atoms. The zero-order valence-electron chi connectivity index (χ0n) is 11.8. The van der Waals surface area contributed by atoms with Gasteiger partial charge in [-0.15, -0.1) is 0 Å². The van der Waals surface area contributed by atoms with E-state index in [0.29, 0.717) is 24.3 Å². The van der Waals surface area contributed by atoms with Gasteiger partial charge >= 0.3 is 0 Å². The van der Waals surface area contributed by atoms with Gasteiger partial charge in [-0.3, -0.25) is 4.79 Å². The third kappa shape index (κ3) is 3.57. The maximum Gasteiger partial charge on any atom is 0.237 e. The second-order valence-corrected chi connectivity index (χ2v) is 5.83. The summed E-state index contributed by atoms with van der Waals surface area (Å²) in [4.78, 5) is 12.1. The number of nitrogens with one attached hydrogen (secondary N) is 1. The van der Waals surface area contributed by atoms with E-state index in [1.165, 1.54) is 6.42 Å². The third-order valence-electron chi connectivity index (χ3n) is 4.43. The van der Waals surface area contributed by atoms with Gasteiger partial charge in [0.05, 0.1) is 6.04 Å². The van der Waals surface area contributed by atoms with Gasteiger partial charge in [-0.1, -0.05) is 44.2 Å². The summed E-state index contributed by atoms with van der Waals surface area (Å²) in [6, 6.07) is 9.77. The highest BCUT2D eigenvalue weighted by atomic mass is 16.2. The smallest absolute Gasteiger partial charge is 0.237 e. The van der Waals surface area contributed by atoms with E-state index in [-0.39, 0.29) is 5.91 Å². The molecule has 1 aliphatic carbocycles. The fourth-order valence-corrected chi connectivity index (χ4v) is 2.82. The average Bonchev–Trinajstić information content (AvgIpc) is 2.72. The van der Waals surface area contributed by atoms with Crippen LogP contribution in [-0.2, 0) is 11.2 Å². The lowest BCUT2D eigenvalue weighted by molar-refractivity contribution is -0.123. The van der Waals surface area contributed by atoms with Crippen LogP contribution >= 0.6 is 0 Å². The van der Waals surface area contributed by atoms with Crippen LogP contribution in [-0.4, -0.2) is 18.0 Å². The first-order valence-electron chi connectivity index (χ1n) is 7.18. The number of hydrogen-bond acceptors (Lipinski definition) is 2. The maximum absolute atomic E-state index is 12.1. The Morgan fingerprint density at radius 3 is 2.58 bits per heavy atom. The molecular formula is C16H24N2O. The number of carbonyl (C=O) groups is 1. The number of amides is 1. The summed E-state index contributed by atoms with van der Waals surface area (Å²) in [6.07, 6.45) is 2.87. The monoisotopic (exact) mass is 260 g/mol. The molecule has 0 aliphatic heterocycles. The number of rotatable bonds is 4. The highest BCUT2D eigenvalue weighted by Crippen LogP contribution is 2.31. The Morgan fingerprint density at radius 1 is 1.32 bits per heavy atom. The van der Waals surface area contributed by atoms with Gasteiger partial charge in [-0.05, 0) is 36.7 Å². The Morgan fingerprint density at radius 2 is 2.00 bits per heavy atom. The number of carbonyl (C=O) groups excluding carboxylic acids is 1. The Hall–Kier alpha value is -1.35. The SMILES string of the molecule is CC1CCC(NC(=O)C(N)Cc2ccccc2)C1C. The third-order valence-corrected chi connectivity index (χ3v) is 4.43. The van der Waals surface area contributed by atoms with Crippen molar-refractivity contribution < 1.29 is 4.79 Å². The molecule has 1 saturated carbocycles. The lowest BCUT2D eigenvalue weighted by Gasteiger charge is -2.22. The van der Waals surface area contributed by atoms with Crippen LogP contribution in [0.1, 0.15) is 32.3 Å². The Labute approximate surface area is 115 Å². The lowest BCUT2D eigenvalue weighted by atomic mass is 9.97. The second-order valence-electron chi connectivity index (χ2n) is 5.83. The number of hydrogen-bond donors (Lipinski definition) is 2. The van der Waals surface area contributed by atoms with Gasteiger partial charge in [-0.2, -0.15) is 0 Å². The summed E-state index contributed by atoms with van der Waals surface area (Å²) < 4.78 is 0. The van der Waals surface area contributed by atoms with Crippen molar-refractivity contribution in [3.05, 3.63) is 35.9 Å². The minimum absolute atomic E-state index is 0.0187. The summed E-state index contributed by atoms with van der Waals surface area (Å²) >= 11 is 0. The van der Waals surface area contributed by atoms with Gasteiger partial charge in [0.1, 0.15) is 0 Å². The molecule has 3 N–H and O–H groups in total. The van der Waals surface area contributed by atoms with Crippen molar-refractivity contribution in [1.82, 2.24) is 5.32 Å². The molecule has 0 aromatic heterocycles. The normalized spacial score (nSPS) is 28.1. The van der Waals surface area contributed by atoms with Crippen molar-refractivity contribution in [2.45, 2.75) is 45.2 Å². The van der Waals surface area contributed by atoms with E-state index in [0.717, 1.165) is 12.0 Å². The lowest BCUT2D eigenvalue weighted by Crippen LogP contribution is -2.47. The first-order chi connectivity index (χ1) is 9.08. The van der Waals surface area contributed by atoms with Gasteiger partial charge in [0.25, 0.3) is 0 Å². The second kappa shape index (κ2) is 6.20. The average molecular weight is 260 g/mol. The molecule has 3 heteroatoms. The van der Waals surface area contributed by atoms with Crippen LogP contribution < -0.4 is 11.1 Å². The quantitative estimate of drug-likeness (QED) is 0.871. The molecule has 104 valence electrons. The largest absolute Gasteiger partial charge is 0.352 e. The molecule has 1 fully saturated rings. The van der Waals surface area contributed by atoms with E-state index in [1.54, 1.807) is 0 Å². The van der Waals surface area contributed by atoms with Crippen LogP contribution in [0.3, 0.4) is 0 Å². The summed E-state index contributed by atoms with van der Waals surface area (Å²) in [6.45, 7) is 4.46. The Bertz CT molecular complexity index is 418. The first-order valence-corrected chi connectivity index (χ1v) is 7.18. The van der Waals surface area contributed by atoms with Crippen LogP contribution in [0.5, 0.6) is 0 Å². The zero-order valence-corrected chi connectivity index (χ0v) is 11.8. The molecule has 4 unspecified atom stereocenters. The predicted octanol–water partition coefficient (Wildman–Crippen LogP) is 2.11. The summed E-state index contributed by atoms with van der Waals surface area (Å²) in [5.41, 5.74) is 7.10. The predicted molar refractivity (Wildman–Crippen MR) is 77.6 cm³/mol. The van der Waals surface area contributed by atoms with Gasteiger partial charge < -0.3 is 11.1 Å². The van der Waals surface area contributed by atoms with Crippen LogP contribution in [0, 0.1) is 11.8 Å². The fourth-order valence-electron chi connectivity index (χ4n) is 2.82.